The third-order valence-electron chi connectivity index (χ3n) is 2.57. The van der Waals surface area contributed by atoms with E-state index in [0.717, 1.165) is 25.3 Å². The summed E-state index contributed by atoms with van der Waals surface area (Å²) in [6.07, 6.45) is 0. The summed E-state index contributed by atoms with van der Waals surface area (Å²) in [5.41, 5.74) is 1.03. The summed E-state index contributed by atoms with van der Waals surface area (Å²) in [5.74, 6) is 0. The summed E-state index contributed by atoms with van der Waals surface area (Å²) in [7, 11) is 2.12. The fourth-order valence-corrected chi connectivity index (χ4v) is 1.69. The van der Waals surface area contributed by atoms with Crippen molar-refractivity contribution >= 4 is 11.6 Å². The fourth-order valence-electron chi connectivity index (χ4n) is 1.51. The molecule has 1 aliphatic rings. The molecule has 14 heavy (non-hydrogen) atoms. The van der Waals surface area contributed by atoms with Gasteiger partial charge in [0.2, 0.25) is 0 Å². The Bertz CT molecular complexity index is 312. The molecule has 76 valence electrons. The van der Waals surface area contributed by atoms with Gasteiger partial charge in [0.1, 0.15) is 5.15 Å². The van der Waals surface area contributed by atoms with Crippen molar-refractivity contribution in [2.24, 2.45) is 0 Å². The predicted octanol–water partition coefficient (Wildman–Crippen LogP) is 1.14. The standard InChI is InChI=1S/C10H14ClN3/c1-14(9-5-12-6-9)7-8-3-2-4-10(11)13-8/h2-4,9,12H,5-7H2,1H3. The Morgan fingerprint density at radius 2 is 2.36 bits per heavy atom. The number of rotatable bonds is 3. The molecule has 0 aliphatic carbocycles. The van der Waals surface area contributed by atoms with Crippen molar-refractivity contribution in [2.75, 3.05) is 20.1 Å². The van der Waals surface area contributed by atoms with Gasteiger partial charge in [-0.15, -0.1) is 0 Å². The van der Waals surface area contributed by atoms with Crippen LogP contribution in [0.1, 0.15) is 5.69 Å². The third kappa shape index (κ3) is 2.23. The number of hydrogen-bond acceptors (Lipinski definition) is 3. The van der Waals surface area contributed by atoms with Crippen LogP contribution in [0.5, 0.6) is 0 Å². The summed E-state index contributed by atoms with van der Waals surface area (Å²) in [4.78, 5) is 6.56. The molecule has 0 radical (unpaired) electrons. The zero-order chi connectivity index (χ0) is 9.97. The number of nitrogens with one attached hydrogen (secondary N) is 1. The van der Waals surface area contributed by atoms with Crippen LogP contribution in [0.2, 0.25) is 5.15 Å². The summed E-state index contributed by atoms with van der Waals surface area (Å²) < 4.78 is 0. The molecular weight excluding hydrogens is 198 g/mol. The number of likely N-dealkylation sites (N-methyl/N-ethyl adjacent to an activating group) is 1. The maximum absolute atomic E-state index is 5.81. The molecule has 1 fully saturated rings. The Morgan fingerprint density at radius 1 is 1.57 bits per heavy atom. The van der Waals surface area contributed by atoms with Crippen molar-refractivity contribution in [1.29, 1.82) is 0 Å². The predicted molar refractivity (Wildman–Crippen MR) is 57.4 cm³/mol. The van der Waals surface area contributed by atoms with Gasteiger partial charge in [0.15, 0.2) is 0 Å². The van der Waals surface area contributed by atoms with Gasteiger partial charge in [-0.3, -0.25) is 4.90 Å². The highest BCUT2D eigenvalue weighted by Crippen LogP contribution is 2.10. The smallest absolute Gasteiger partial charge is 0.129 e. The molecule has 0 saturated carbocycles. The summed E-state index contributed by atoms with van der Waals surface area (Å²) in [6, 6.07) is 6.40. The van der Waals surface area contributed by atoms with Gasteiger partial charge < -0.3 is 5.32 Å². The largest absolute Gasteiger partial charge is 0.314 e. The first-order valence-electron chi connectivity index (χ1n) is 4.78. The molecule has 2 rings (SSSR count). The van der Waals surface area contributed by atoms with Crippen molar-refractivity contribution < 1.29 is 0 Å². The van der Waals surface area contributed by atoms with Crippen molar-refractivity contribution in [1.82, 2.24) is 15.2 Å². The number of aromatic nitrogens is 1. The topological polar surface area (TPSA) is 28.2 Å². The van der Waals surface area contributed by atoms with E-state index >= 15 is 0 Å². The van der Waals surface area contributed by atoms with Gasteiger partial charge in [-0.25, -0.2) is 4.98 Å². The Morgan fingerprint density at radius 3 is 2.93 bits per heavy atom. The lowest BCUT2D eigenvalue weighted by atomic mass is 10.1. The van der Waals surface area contributed by atoms with E-state index in [1.54, 1.807) is 6.07 Å². The van der Waals surface area contributed by atoms with Crippen LogP contribution in [0.15, 0.2) is 18.2 Å². The van der Waals surface area contributed by atoms with Crippen molar-refractivity contribution in [3.05, 3.63) is 29.0 Å². The van der Waals surface area contributed by atoms with Crippen LogP contribution in [0.4, 0.5) is 0 Å². The van der Waals surface area contributed by atoms with Crippen molar-refractivity contribution in [3.8, 4) is 0 Å². The SMILES string of the molecule is CN(Cc1cccc(Cl)n1)C1CNC1. The molecule has 0 atom stereocenters. The monoisotopic (exact) mass is 211 g/mol. The molecule has 0 spiro atoms. The molecular formula is C10H14ClN3. The fraction of sp³-hybridized carbons (Fsp3) is 0.500. The first-order chi connectivity index (χ1) is 6.75. The average Bonchev–Trinajstić information content (AvgIpc) is 1.99. The lowest BCUT2D eigenvalue weighted by Gasteiger charge is -2.35. The van der Waals surface area contributed by atoms with E-state index in [-0.39, 0.29) is 0 Å². The summed E-state index contributed by atoms with van der Waals surface area (Å²) >= 11 is 5.81. The molecule has 3 nitrogen and oxygen atoms in total. The molecule has 0 amide bonds. The first-order valence-corrected chi connectivity index (χ1v) is 5.16. The molecule has 1 aromatic rings. The second kappa shape index (κ2) is 4.26. The van der Waals surface area contributed by atoms with Crippen molar-refractivity contribution in [2.45, 2.75) is 12.6 Å². The third-order valence-corrected chi connectivity index (χ3v) is 2.78. The minimum atomic E-state index is 0.572. The second-order valence-electron chi connectivity index (χ2n) is 3.68. The van der Waals surface area contributed by atoms with Gasteiger partial charge >= 0.3 is 0 Å². The van der Waals surface area contributed by atoms with E-state index in [1.807, 2.05) is 12.1 Å². The van der Waals surface area contributed by atoms with Crippen LogP contribution in [-0.2, 0) is 6.54 Å². The summed E-state index contributed by atoms with van der Waals surface area (Å²) in [6.45, 7) is 3.03. The van der Waals surface area contributed by atoms with Crippen LogP contribution in [0.25, 0.3) is 0 Å². The normalized spacial score (nSPS) is 17.1. The average molecular weight is 212 g/mol. The minimum absolute atomic E-state index is 0.572. The van der Waals surface area contributed by atoms with E-state index in [2.05, 4.69) is 22.2 Å². The molecule has 0 aromatic carbocycles. The quantitative estimate of drug-likeness (QED) is 0.761. The zero-order valence-corrected chi connectivity index (χ0v) is 8.96. The van der Waals surface area contributed by atoms with Gasteiger partial charge in [-0.05, 0) is 19.2 Å². The lowest BCUT2D eigenvalue weighted by molar-refractivity contribution is 0.171. The van der Waals surface area contributed by atoms with Crippen molar-refractivity contribution in [3.63, 3.8) is 0 Å². The van der Waals surface area contributed by atoms with Gasteiger partial charge in [0.25, 0.3) is 0 Å². The zero-order valence-electron chi connectivity index (χ0n) is 8.20. The summed E-state index contributed by atoms with van der Waals surface area (Å²) in [5, 5.41) is 3.82. The Hall–Kier alpha value is -0.640. The van der Waals surface area contributed by atoms with Gasteiger partial charge in [0, 0.05) is 25.7 Å². The van der Waals surface area contributed by atoms with Gasteiger partial charge in [-0.1, -0.05) is 17.7 Å². The number of hydrogen-bond donors (Lipinski definition) is 1. The highest BCUT2D eigenvalue weighted by atomic mass is 35.5. The maximum atomic E-state index is 5.81. The van der Waals surface area contributed by atoms with E-state index in [9.17, 15) is 0 Å². The molecule has 0 bridgehead atoms. The van der Waals surface area contributed by atoms with Gasteiger partial charge in [0.05, 0.1) is 5.69 Å². The van der Waals surface area contributed by atoms with Crippen LogP contribution < -0.4 is 5.32 Å². The van der Waals surface area contributed by atoms with Gasteiger partial charge in [-0.2, -0.15) is 0 Å². The van der Waals surface area contributed by atoms with E-state index < -0.39 is 0 Å². The van der Waals surface area contributed by atoms with Crippen LogP contribution in [0.3, 0.4) is 0 Å². The van der Waals surface area contributed by atoms with Crippen LogP contribution >= 0.6 is 11.6 Å². The molecule has 0 unspecified atom stereocenters. The molecule has 1 N–H and O–H groups in total. The molecule has 1 saturated heterocycles. The lowest BCUT2D eigenvalue weighted by Crippen LogP contribution is -2.55. The first kappa shape index (κ1) is 9.90. The molecule has 2 heterocycles. The minimum Gasteiger partial charge on any atom is -0.314 e. The molecule has 1 aliphatic heterocycles. The number of pyridine rings is 1. The molecule has 1 aromatic heterocycles. The highest BCUT2D eigenvalue weighted by molar-refractivity contribution is 6.29. The van der Waals surface area contributed by atoms with E-state index in [1.165, 1.54) is 0 Å². The van der Waals surface area contributed by atoms with Crippen LogP contribution in [0, 0.1) is 0 Å². The molecule has 4 heteroatoms. The van der Waals surface area contributed by atoms with E-state index in [0.29, 0.717) is 11.2 Å². The maximum Gasteiger partial charge on any atom is 0.129 e. The van der Waals surface area contributed by atoms with Crippen LogP contribution in [-0.4, -0.2) is 36.1 Å². The Labute approximate surface area is 89.1 Å². The Balaban J connectivity index is 1.95. The Kier molecular flexibility index (Phi) is 3.01. The number of halogens is 1. The second-order valence-corrected chi connectivity index (χ2v) is 4.07. The highest BCUT2D eigenvalue weighted by Gasteiger charge is 2.21. The number of nitrogens with zero attached hydrogens (tertiary/aromatic N) is 2. The van der Waals surface area contributed by atoms with E-state index in [4.69, 9.17) is 11.6 Å².